The molecule has 1 N–H and O–H groups in total. The van der Waals surface area contributed by atoms with Gasteiger partial charge in [-0.05, 0) is 32.2 Å². The Morgan fingerprint density at radius 3 is 2.79 bits per heavy atom. The highest BCUT2D eigenvalue weighted by Gasteiger charge is 2.32. The number of ether oxygens (including phenoxy) is 1. The molecular formula is C11H14O2S. The molecule has 0 radical (unpaired) electrons. The molecular weight excluding hydrogens is 196 g/mol. The van der Waals surface area contributed by atoms with Crippen molar-refractivity contribution in [2.75, 3.05) is 6.26 Å². The van der Waals surface area contributed by atoms with Crippen LogP contribution in [0.5, 0.6) is 11.5 Å². The van der Waals surface area contributed by atoms with Gasteiger partial charge < -0.3 is 9.84 Å². The highest BCUT2D eigenvalue weighted by atomic mass is 32.2. The van der Waals surface area contributed by atoms with Gasteiger partial charge in [0.25, 0.3) is 0 Å². The second-order valence-corrected chi connectivity index (χ2v) is 5.05. The molecule has 0 fully saturated rings. The number of thioether (sulfide) groups is 1. The number of phenols is 1. The zero-order chi connectivity index (χ0) is 10.3. The maximum Gasteiger partial charge on any atom is 0.165 e. The Balaban J connectivity index is 2.47. The Morgan fingerprint density at radius 1 is 1.43 bits per heavy atom. The molecule has 76 valence electrons. The molecule has 0 bridgehead atoms. The molecule has 0 spiro atoms. The monoisotopic (exact) mass is 210 g/mol. The highest BCUT2D eigenvalue weighted by molar-refractivity contribution is 7.98. The van der Waals surface area contributed by atoms with Crippen LogP contribution in [0.2, 0.25) is 0 Å². The second-order valence-electron chi connectivity index (χ2n) is 4.17. The van der Waals surface area contributed by atoms with Crippen LogP contribution >= 0.6 is 11.8 Å². The van der Waals surface area contributed by atoms with E-state index in [1.807, 2.05) is 20.1 Å². The van der Waals surface area contributed by atoms with Crippen molar-refractivity contribution in [3.8, 4) is 11.5 Å². The molecule has 1 aromatic carbocycles. The lowest BCUT2D eigenvalue weighted by molar-refractivity contribution is 0.134. The van der Waals surface area contributed by atoms with E-state index in [1.165, 1.54) is 0 Å². The summed E-state index contributed by atoms with van der Waals surface area (Å²) in [7, 11) is 0. The van der Waals surface area contributed by atoms with Crippen molar-refractivity contribution in [3.05, 3.63) is 17.7 Å². The summed E-state index contributed by atoms with van der Waals surface area (Å²) in [5.41, 5.74) is 0.927. The first-order valence-corrected chi connectivity index (χ1v) is 5.83. The standard InChI is InChI=1S/C11H14O2S/c1-11(2)6-7-4-8(14-3)5-9(12)10(7)13-11/h4-5,12H,6H2,1-3H3. The lowest BCUT2D eigenvalue weighted by atomic mass is 10.0. The van der Waals surface area contributed by atoms with Crippen LogP contribution in [-0.2, 0) is 6.42 Å². The Hall–Kier alpha value is -0.830. The maximum absolute atomic E-state index is 9.74. The lowest BCUT2D eigenvalue weighted by Crippen LogP contribution is -2.24. The zero-order valence-corrected chi connectivity index (χ0v) is 9.44. The van der Waals surface area contributed by atoms with Crippen LogP contribution in [0, 0.1) is 0 Å². The van der Waals surface area contributed by atoms with Gasteiger partial charge in [0.15, 0.2) is 11.5 Å². The first kappa shape index (κ1) is 9.71. The largest absolute Gasteiger partial charge is 0.504 e. The van der Waals surface area contributed by atoms with Crippen LogP contribution in [0.3, 0.4) is 0 Å². The molecule has 1 heterocycles. The first-order valence-electron chi connectivity index (χ1n) is 4.61. The number of benzene rings is 1. The fourth-order valence-electron chi connectivity index (χ4n) is 1.78. The van der Waals surface area contributed by atoms with Gasteiger partial charge in [-0.15, -0.1) is 11.8 Å². The molecule has 14 heavy (non-hydrogen) atoms. The predicted molar refractivity (Wildman–Crippen MR) is 58.3 cm³/mol. The molecule has 1 aliphatic heterocycles. The number of rotatable bonds is 1. The molecule has 0 saturated heterocycles. The average Bonchev–Trinajstić information content (AvgIpc) is 2.40. The average molecular weight is 210 g/mol. The van der Waals surface area contributed by atoms with Gasteiger partial charge in [0.1, 0.15) is 5.60 Å². The van der Waals surface area contributed by atoms with E-state index in [-0.39, 0.29) is 11.4 Å². The van der Waals surface area contributed by atoms with Gasteiger partial charge in [0, 0.05) is 16.9 Å². The van der Waals surface area contributed by atoms with Crippen molar-refractivity contribution in [3.63, 3.8) is 0 Å². The Labute approximate surface area is 88.3 Å². The molecule has 0 unspecified atom stereocenters. The summed E-state index contributed by atoms with van der Waals surface area (Å²) < 4.78 is 5.67. The van der Waals surface area contributed by atoms with E-state index in [0.717, 1.165) is 16.9 Å². The van der Waals surface area contributed by atoms with E-state index in [9.17, 15) is 5.11 Å². The minimum atomic E-state index is -0.184. The minimum absolute atomic E-state index is 0.184. The molecule has 0 amide bonds. The third kappa shape index (κ3) is 1.57. The molecule has 0 aromatic heterocycles. The Bertz CT molecular complexity index is 372. The first-order chi connectivity index (χ1) is 6.52. The number of hydrogen-bond acceptors (Lipinski definition) is 3. The molecule has 1 aliphatic rings. The van der Waals surface area contributed by atoms with Crippen molar-refractivity contribution in [1.29, 1.82) is 0 Å². The van der Waals surface area contributed by atoms with Gasteiger partial charge in [-0.1, -0.05) is 0 Å². The summed E-state index contributed by atoms with van der Waals surface area (Å²) in [5.74, 6) is 0.922. The van der Waals surface area contributed by atoms with Gasteiger partial charge in [-0.2, -0.15) is 0 Å². The van der Waals surface area contributed by atoms with Crippen LogP contribution in [0.4, 0.5) is 0 Å². The van der Waals surface area contributed by atoms with Gasteiger partial charge in [-0.3, -0.25) is 0 Å². The Kier molecular flexibility index (Phi) is 2.14. The Morgan fingerprint density at radius 2 is 2.14 bits per heavy atom. The summed E-state index contributed by atoms with van der Waals surface area (Å²) >= 11 is 1.63. The summed E-state index contributed by atoms with van der Waals surface area (Å²) in [5, 5.41) is 9.74. The summed E-state index contributed by atoms with van der Waals surface area (Å²) in [6.07, 6.45) is 2.87. The SMILES string of the molecule is CSc1cc(O)c2c(c1)CC(C)(C)O2. The summed E-state index contributed by atoms with van der Waals surface area (Å²) in [4.78, 5) is 1.09. The molecule has 1 aromatic rings. The molecule has 2 nitrogen and oxygen atoms in total. The number of hydrogen-bond donors (Lipinski definition) is 1. The maximum atomic E-state index is 9.74. The predicted octanol–water partition coefficient (Wildman–Crippen LogP) is 2.83. The number of fused-ring (bicyclic) bond motifs is 1. The van der Waals surface area contributed by atoms with E-state index < -0.39 is 0 Å². The van der Waals surface area contributed by atoms with E-state index in [1.54, 1.807) is 17.8 Å². The summed E-state index contributed by atoms with van der Waals surface area (Å²) in [6.45, 7) is 4.07. The van der Waals surface area contributed by atoms with Crippen molar-refractivity contribution >= 4 is 11.8 Å². The fraction of sp³-hybridized carbons (Fsp3) is 0.455. The van der Waals surface area contributed by atoms with Crippen LogP contribution in [0.1, 0.15) is 19.4 Å². The molecule has 3 heteroatoms. The minimum Gasteiger partial charge on any atom is -0.504 e. The van der Waals surface area contributed by atoms with E-state index >= 15 is 0 Å². The number of aromatic hydroxyl groups is 1. The lowest BCUT2D eigenvalue weighted by Gasteiger charge is -2.17. The van der Waals surface area contributed by atoms with E-state index in [4.69, 9.17) is 4.74 Å². The fourth-order valence-corrected chi connectivity index (χ4v) is 2.27. The van der Waals surface area contributed by atoms with Crippen LogP contribution in [0.25, 0.3) is 0 Å². The van der Waals surface area contributed by atoms with Gasteiger partial charge in [0.05, 0.1) is 0 Å². The normalized spacial score (nSPS) is 17.6. The highest BCUT2D eigenvalue weighted by Crippen LogP contribution is 2.43. The smallest absolute Gasteiger partial charge is 0.165 e. The van der Waals surface area contributed by atoms with Crippen molar-refractivity contribution in [1.82, 2.24) is 0 Å². The van der Waals surface area contributed by atoms with Crippen LogP contribution < -0.4 is 4.74 Å². The third-order valence-electron chi connectivity index (χ3n) is 2.35. The molecule has 2 rings (SSSR count). The van der Waals surface area contributed by atoms with Crippen LogP contribution in [-0.4, -0.2) is 17.0 Å². The van der Waals surface area contributed by atoms with E-state index in [2.05, 4.69) is 6.07 Å². The van der Waals surface area contributed by atoms with Crippen LogP contribution in [0.15, 0.2) is 17.0 Å². The van der Waals surface area contributed by atoms with Crippen molar-refractivity contribution in [2.24, 2.45) is 0 Å². The van der Waals surface area contributed by atoms with Crippen molar-refractivity contribution < 1.29 is 9.84 Å². The molecule has 0 aliphatic carbocycles. The van der Waals surface area contributed by atoms with Gasteiger partial charge in [0.2, 0.25) is 0 Å². The third-order valence-corrected chi connectivity index (χ3v) is 3.06. The van der Waals surface area contributed by atoms with Crippen molar-refractivity contribution in [2.45, 2.75) is 30.8 Å². The summed E-state index contributed by atoms with van der Waals surface area (Å²) in [6, 6.07) is 3.85. The van der Waals surface area contributed by atoms with Gasteiger partial charge >= 0.3 is 0 Å². The second kappa shape index (κ2) is 3.09. The van der Waals surface area contributed by atoms with Gasteiger partial charge in [-0.25, -0.2) is 0 Å². The van der Waals surface area contributed by atoms with E-state index in [0.29, 0.717) is 5.75 Å². The molecule has 0 saturated carbocycles. The molecule has 0 atom stereocenters. The quantitative estimate of drug-likeness (QED) is 0.723. The number of phenolic OH excluding ortho intramolecular Hbond substituents is 1. The topological polar surface area (TPSA) is 29.5 Å². The zero-order valence-electron chi connectivity index (χ0n) is 8.63.